The highest BCUT2D eigenvalue weighted by molar-refractivity contribution is 7.80. The second-order valence-electron chi connectivity index (χ2n) is 8.03. The summed E-state index contributed by atoms with van der Waals surface area (Å²) in [6.07, 6.45) is 1.85. The predicted octanol–water partition coefficient (Wildman–Crippen LogP) is 4.93. The van der Waals surface area contributed by atoms with Crippen LogP contribution in [0.5, 0.6) is 0 Å². The number of benzene rings is 1. The van der Waals surface area contributed by atoms with Gasteiger partial charge in [0.05, 0.1) is 17.8 Å². The zero-order valence-corrected chi connectivity index (χ0v) is 18.3. The summed E-state index contributed by atoms with van der Waals surface area (Å²) in [7, 11) is 0. The topological polar surface area (TPSA) is 33.1 Å². The van der Waals surface area contributed by atoms with Gasteiger partial charge in [0.2, 0.25) is 0 Å². The maximum absolute atomic E-state index is 5.74. The molecule has 1 saturated heterocycles. The third-order valence-corrected chi connectivity index (χ3v) is 6.14. The first-order chi connectivity index (χ1) is 14.0. The van der Waals surface area contributed by atoms with Gasteiger partial charge in [-0.3, -0.25) is 4.98 Å². The van der Waals surface area contributed by atoms with Gasteiger partial charge in [-0.2, -0.15) is 0 Å². The van der Waals surface area contributed by atoms with Crippen molar-refractivity contribution in [3.05, 3.63) is 89.0 Å². The molecule has 29 heavy (non-hydrogen) atoms. The van der Waals surface area contributed by atoms with Crippen molar-refractivity contribution in [3.63, 3.8) is 0 Å². The molecule has 4 rings (SSSR count). The van der Waals surface area contributed by atoms with Gasteiger partial charge in [0.25, 0.3) is 0 Å². The van der Waals surface area contributed by atoms with Gasteiger partial charge in [-0.25, -0.2) is 0 Å². The van der Waals surface area contributed by atoms with Crippen molar-refractivity contribution >= 4 is 17.3 Å². The summed E-state index contributed by atoms with van der Waals surface area (Å²) in [6.45, 7) is 9.69. The van der Waals surface area contributed by atoms with Crippen molar-refractivity contribution < 1.29 is 0 Å². The number of rotatable bonds is 5. The molecule has 0 bridgehead atoms. The molecule has 3 heterocycles. The molecule has 4 nitrogen and oxygen atoms in total. The minimum atomic E-state index is 0.0387. The summed E-state index contributed by atoms with van der Waals surface area (Å²) in [5.41, 5.74) is 6.20. The minimum Gasteiger partial charge on any atom is -0.352 e. The lowest BCUT2D eigenvalue weighted by Crippen LogP contribution is -2.35. The van der Waals surface area contributed by atoms with Gasteiger partial charge in [-0.05, 0) is 69.2 Å². The van der Waals surface area contributed by atoms with E-state index >= 15 is 0 Å². The molecule has 2 atom stereocenters. The largest absolute Gasteiger partial charge is 0.352 e. The SMILES string of the molecule is Cc1cc(C2C(c3ccccn3)NC(=S)N2C(C)C)c(C)n1Cc1ccccc1. The molecule has 1 aliphatic heterocycles. The number of hydrogen-bond donors (Lipinski definition) is 1. The van der Waals surface area contributed by atoms with Gasteiger partial charge in [0, 0.05) is 30.2 Å². The molecule has 0 radical (unpaired) electrons. The molecule has 0 amide bonds. The van der Waals surface area contributed by atoms with E-state index in [1.54, 1.807) is 0 Å². The van der Waals surface area contributed by atoms with E-state index in [9.17, 15) is 0 Å². The first-order valence-electron chi connectivity index (χ1n) is 10.2. The van der Waals surface area contributed by atoms with Crippen LogP contribution in [0.25, 0.3) is 0 Å². The highest BCUT2D eigenvalue weighted by Gasteiger charge is 2.42. The van der Waals surface area contributed by atoms with Crippen LogP contribution in [0.15, 0.2) is 60.8 Å². The molecule has 1 aromatic carbocycles. The van der Waals surface area contributed by atoms with E-state index in [1.165, 1.54) is 22.5 Å². The van der Waals surface area contributed by atoms with Crippen LogP contribution in [0.4, 0.5) is 0 Å². The highest BCUT2D eigenvalue weighted by atomic mass is 32.1. The Kier molecular flexibility index (Phi) is 5.41. The summed E-state index contributed by atoms with van der Waals surface area (Å²) >= 11 is 5.74. The molecule has 2 aromatic heterocycles. The predicted molar refractivity (Wildman–Crippen MR) is 122 cm³/mol. The standard InChI is InChI=1S/C24H28N4S/c1-16(2)28-23(22(26-24(28)29)21-12-8-9-13-25-21)20-14-17(3)27(18(20)4)15-19-10-6-5-7-11-19/h5-14,16,22-23H,15H2,1-4H3,(H,26,29). The molecule has 2 unspecified atom stereocenters. The molecule has 0 saturated carbocycles. The average Bonchev–Trinajstić information content (AvgIpc) is 3.20. The van der Waals surface area contributed by atoms with E-state index in [-0.39, 0.29) is 12.1 Å². The maximum atomic E-state index is 5.74. The number of aryl methyl sites for hydroxylation is 1. The van der Waals surface area contributed by atoms with Crippen molar-refractivity contribution in [2.45, 2.75) is 52.4 Å². The first kappa shape index (κ1) is 19.6. The van der Waals surface area contributed by atoms with Crippen molar-refractivity contribution in [3.8, 4) is 0 Å². The summed E-state index contributed by atoms with van der Waals surface area (Å²) in [5.74, 6) is 0. The van der Waals surface area contributed by atoms with Crippen molar-refractivity contribution in [2.24, 2.45) is 0 Å². The van der Waals surface area contributed by atoms with Crippen LogP contribution < -0.4 is 5.32 Å². The van der Waals surface area contributed by atoms with Gasteiger partial charge in [-0.15, -0.1) is 0 Å². The lowest BCUT2D eigenvalue weighted by molar-refractivity contribution is 0.268. The molecule has 0 aliphatic carbocycles. The number of pyridine rings is 1. The first-order valence-corrected chi connectivity index (χ1v) is 10.6. The summed E-state index contributed by atoms with van der Waals surface area (Å²) < 4.78 is 2.40. The Hall–Kier alpha value is -2.66. The summed E-state index contributed by atoms with van der Waals surface area (Å²) in [6, 6.07) is 19.5. The molecule has 5 heteroatoms. The average molecular weight is 405 g/mol. The van der Waals surface area contributed by atoms with E-state index in [4.69, 9.17) is 12.2 Å². The zero-order chi connectivity index (χ0) is 20.5. The Morgan fingerprint density at radius 1 is 1.07 bits per heavy atom. The zero-order valence-electron chi connectivity index (χ0n) is 17.5. The van der Waals surface area contributed by atoms with Crippen LogP contribution in [0.2, 0.25) is 0 Å². The third kappa shape index (κ3) is 3.67. The van der Waals surface area contributed by atoms with Crippen LogP contribution in [-0.2, 0) is 6.54 Å². The van der Waals surface area contributed by atoms with Crippen molar-refractivity contribution in [2.75, 3.05) is 0 Å². The lowest BCUT2D eigenvalue weighted by Gasteiger charge is -2.31. The molecular formula is C24H28N4S. The van der Waals surface area contributed by atoms with E-state index in [0.717, 1.165) is 17.4 Å². The van der Waals surface area contributed by atoms with E-state index < -0.39 is 0 Å². The Labute approximate surface area is 178 Å². The highest BCUT2D eigenvalue weighted by Crippen LogP contribution is 2.41. The molecule has 150 valence electrons. The molecule has 1 aliphatic rings. The normalized spacial score (nSPS) is 19.1. The Balaban J connectivity index is 1.77. The molecule has 1 N–H and O–H groups in total. The Bertz CT molecular complexity index is 994. The van der Waals surface area contributed by atoms with Crippen LogP contribution in [0.3, 0.4) is 0 Å². The number of aromatic nitrogens is 2. The van der Waals surface area contributed by atoms with Crippen LogP contribution >= 0.6 is 12.2 Å². The number of nitrogens with zero attached hydrogens (tertiary/aromatic N) is 3. The van der Waals surface area contributed by atoms with Gasteiger partial charge in [0.15, 0.2) is 5.11 Å². The summed E-state index contributed by atoms with van der Waals surface area (Å²) in [5, 5.41) is 4.34. The number of nitrogens with one attached hydrogen (secondary N) is 1. The van der Waals surface area contributed by atoms with Gasteiger partial charge < -0.3 is 14.8 Å². The Morgan fingerprint density at radius 2 is 1.79 bits per heavy atom. The Morgan fingerprint density at radius 3 is 2.45 bits per heavy atom. The number of thiocarbonyl (C=S) groups is 1. The maximum Gasteiger partial charge on any atom is 0.170 e. The van der Waals surface area contributed by atoms with Crippen LogP contribution in [0.1, 0.15) is 54.1 Å². The second-order valence-corrected chi connectivity index (χ2v) is 8.41. The molecule has 0 spiro atoms. The van der Waals surface area contributed by atoms with Crippen molar-refractivity contribution in [1.29, 1.82) is 0 Å². The third-order valence-electron chi connectivity index (χ3n) is 5.81. The fraction of sp³-hybridized carbons (Fsp3) is 0.333. The smallest absolute Gasteiger partial charge is 0.170 e. The summed E-state index contributed by atoms with van der Waals surface area (Å²) in [4.78, 5) is 6.96. The lowest BCUT2D eigenvalue weighted by atomic mass is 9.96. The van der Waals surface area contributed by atoms with E-state index in [1.807, 2.05) is 18.3 Å². The van der Waals surface area contributed by atoms with Gasteiger partial charge in [-0.1, -0.05) is 36.4 Å². The molecule has 3 aromatic rings. The minimum absolute atomic E-state index is 0.0387. The number of hydrogen-bond acceptors (Lipinski definition) is 2. The fourth-order valence-electron chi connectivity index (χ4n) is 4.39. The molecule has 1 fully saturated rings. The van der Waals surface area contributed by atoms with Crippen LogP contribution in [0, 0.1) is 13.8 Å². The van der Waals surface area contributed by atoms with Gasteiger partial charge >= 0.3 is 0 Å². The molecular weight excluding hydrogens is 376 g/mol. The van der Waals surface area contributed by atoms with Crippen molar-refractivity contribution in [1.82, 2.24) is 19.8 Å². The monoisotopic (exact) mass is 404 g/mol. The van der Waals surface area contributed by atoms with E-state index in [2.05, 4.69) is 89.9 Å². The quantitative estimate of drug-likeness (QED) is 0.611. The van der Waals surface area contributed by atoms with Gasteiger partial charge in [0.1, 0.15) is 0 Å². The van der Waals surface area contributed by atoms with E-state index in [0.29, 0.717) is 6.04 Å². The fourth-order valence-corrected chi connectivity index (χ4v) is 4.84. The second kappa shape index (κ2) is 7.99. The van der Waals surface area contributed by atoms with Crippen LogP contribution in [-0.4, -0.2) is 25.6 Å².